The van der Waals surface area contributed by atoms with Crippen LogP contribution in [-0.4, -0.2) is 0 Å². The van der Waals surface area contributed by atoms with E-state index in [1.54, 1.807) is 0 Å². The zero-order valence-electron chi connectivity index (χ0n) is 11.7. The lowest BCUT2D eigenvalue weighted by Crippen LogP contribution is -1.96. The third-order valence-corrected chi connectivity index (χ3v) is 3.78. The van der Waals surface area contributed by atoms with Gasteiger partial charge in [0.25, 0.3) is 0 Å². The zero-order valence-corrected chi connectivity index (χ0v) is 12.5. The summed E-state index contributed by atoms with van der Waals surface area (Å²) in [5, 5.41) is 0.0532. The molecule has 0 fully saturated rings. The molecule has 0 amide bonds. The van der Waals surface area contributed by atoms with Gasteiger partial charge in [-0.1, -0.05) is 67.4 Å². The first-order valence-electron chi connectivity index (χ1n) is 6.97. The summed E-state index contributed by atoms with van der Waals surface area (Å²) in [4.78, 5) is 0. The van der Waals surface area contributed by atoms with Crippen molar-refractivity contribution in [1.29, 1.82) is 0 Å². The Balaban J connectivity index is 2.05. The molecule has 0 saturated carbocycles. The van der Waals surface area contributed by atoms with E-state index >= 15 is 0 Å². The maximum absolute atomic E-state index is 6.52. The van der Waals surface area contributed by atoms with E-state index in [1.807, 2.05) is 0 Å². The Kier molecular flexibility index (Phi) is 5.04. The molecule has 0 aliphatic rings. The molecule has 2 aromatic carbocycles. The van der Waals surface area contributed by atoms with Crippen LogP contribution in [0, 0.1) is 6.92 Å². The third kappa shape index (κ3) is 4.11. The zero-order chi connectivity index (χ0) is 13.7. The van der Waals surface area contributed by atoms with Crippen LogP contribution in [0.25, 0.3) is 0 Å². The Morgan fingerprint density at radius 3 is 2.37 bits per heavy atom. The van der Waals surface area contributed by atoms with Gasteiger partial charge in [-0.25, -0.2) is 0 Å². The van der Waals surface area contributed by atoms with Crippen molar-refractivity contribution in [3.8, 4) is 0 Å². The van der Waals surface area contributed by atoms with Crippen LogP contribution < -0.4 is 0 Å². The molecular formula is C18H21Cl. The molecule has 0 radical (unpaired) electrons. The molecule has 0 saturated heterocycles. The van der Waals surface area contributed by atoms with Crippen molar-refractivity contribution in [3.05, 3.63) is 70.8 Å². The van der Waals surface area contributed by atoms with Gasteiger partial charge in [-0.3, -0.25) is 0 Å². The minimum absolute atomic E-state index is 0.0532. The molecule has 0 N–H and O–H groups in total. The van der Waals surface area contributed by atoms with Crippen LogP contribution in [0.4, 0.5) is 0 Å². The summed E-state index contributed by atoms with van der Waals surface area (Å²) in [5.41, 5.74) is 5.20. The molecule has 0 bridgehead atoms. The van der Waals surface area contributed by atoms with Gasteiger partial charge in [0.15, 0.2) is 0 Å². The Morgan fingerprint density at radius 2 is 1.74 bits per heavy atom. The van der Waals surface area contributed by atoms with Crippen molar-refractivity contribution >= 4 is 11.6 Å². The van der Waals surface area contributed by atoms with Crippen molar-refractivity contribution in [3.63, 3.8) is 0 Å². The van der Waals surface area contributed by atoms with E-state index in [4.69, 9.17) is 11.6 Å². The Labute approximate surface area is 121 Å². The van der Waals surface area contributed by atoms with E-state index in [-0.39, 0.29) is 5.38 Å². The summed E-state index contributed by atoms with van der Waals surface area (Å²) in [5.74, 6) is 0. The minimum Gasteiger partial charge on any atom is -0.117 e. The van der Waals surface area contributed by atoms with E-state index in [2.05, 4.69) is 62.4 Å². The van der Waals surface area contributed by atoms with Crippen LogP contribution in [0.3, 0.4) is 0 Å². The molecule has 0 nitrogen and oxygen atoms in total. The van der Waals surface area contributed by atoms with E-state index in [9.17, 15) is 0 Å². The van der Waals surface area contributed by atoms with Gasteiger partial charge in [0.05, 0.1) is 5.38 Å². The number of hydrogen-bond acceptors (Lipinski definition) is 0. The first-order chi connectivity index (χ1) is 9.19. The molecule has 0 aliphatic carbocycles. The maximum atomic E-state index is 6.52. The van der Waals surface area contributed by atoms with Crippen LogP contribution in [0.15, 0.2) is 48.5 Å². The lowest BCUT2D eigenvalue weighted by atomic mass is 10.0. The van der Waals surface area contributed by atoms with Crippen molar-refractivity contribution in [2.75, 3.05) is 0 Å². The Bertz CT molecular complexity index is 513. The van der Waals surface area contributed by atoms with Gasteiger partial charge in [-0.2, -0.15) is 0 Å². The molecule has 0 aromatic heterocycles. The van der Waals surface area contributed by atoms with Crippen LogP contribution in [0.1, 0.15) is 41.0 Å². The molecule has 0 spiro atoms. The highest BCUT2D eigenvalue weighted by atomic mass is 35.5. The van der Waals surface area contributed by atoms with Gasteiger partial charge >= 0.3 is 0 Å². The molecule has 0 aliphatic heterocycles. The van der Waals surface area contributed by atoms with Gasteiger partial charge in [-0.05, 0) is 36.5 Å². The second kappa shape index (κ2) is 6.77. The van der Waals surface area contributed by atoms with Gasteiger partial charge < -0.3 is 0 Å². The van der Waals surface area contributed by atoms with E-state index in [0.29, 0.717) is 0 Å². The first-order valence-corrected chi connectivity index (χ1v) is 7.41. The fourth-order valence-corrected chi connectivity index (χ4v) is 2.67. The molecule has 2 aromatic rings. The molecule has 1 unspecified atom stereocenters. The fraction of sp³-hybridized carbons (Fsp3) is 0.333. The highest BCUT2D eigenvalue weighted by Crippen LogP contribution is 2.25. The monoisotopic (exact) mass is 272 g/mol. The average Bonchev–Trinajstić information content (AvgIpc) is 2.40. The van der Waals surface area contributed by atoms with Crippen LogP contribution in [0.2, 0.25) is 0 Å². The van der Waals surface area contributed by atoms with Crippen LogP contribution >= 0.6 is 11.6 Å². The van der Waals surface area contributed by atoms with Gasteiger partial charge in [0.2, 0.25) is 0 Å². The van der Waals surface area contributed by atoms with Crippen LogP contribution in [-0.2, 0) is 12.8 Å². The minimum atomic E-state index is 0.0532. The molecule has 1 atom stereocenters. The second-order valence-electron chi connectivity index (χ2n) is 5.15. The third-order valence-electron chi connectivity index (χ3n) is 3.38. The number of halogens is 1. The van der Waals surface area contributed by atoms with Gasteiger partial charge in [0, 0.05) is 0 Å². The van der Waals surface area contributed by atoms with E-state index < -0.39 is 0 Å². The Morgan fingerprint density at radius 1 is 1.00 bits per heavy atom. The number of benzene rings is 2. The lowest BCUT2D eigenvalue weighted by Gasteiger charge is -2.11. The number of alkyl halides is 1. The SMILES string of the molecule is CCCc1ccc(C(Cl)Cc2cccc(C)c2)cc1. The molecular weight excluding hydrogens is 252 g/mol. The lowest BCUT2D eigenvalue weighted by molar-refractivity contribution is 0.901. The fourth-order valence-electron chi connectivity index (χ4n) is 2.35. The molecule has 0 heterocycles. The molecule has 1 heteroatoms. The van der Waals surface area contributed by atoms with Crippen molar-refractivity contribution in [2.24, 2.45) is 0 Å². The summed E-state index contributed by atoms with van der Waals surface area (Å²) in [7, 11) is 0. The predicted molar refractivity (Wildman–Crippen MR) is 83.9 cm³/mol. The summed E-state index contributed by atoms with van der Waals surface area (Å²) in [6.07, 6.45) is 3.22. The first kappa shape index (κ1) is 14.1. The highest BCUT2D eigenvalue weighted by Gasteiger charge is 2.09. The largest absolute Gasteiger partial charge is 0.117 e. The van der Waals surface area contributed by atoms with Crippen LogP contribution in [0.5, 0.6) is 0 Å². The van der Waals surface area contributed by atoms with E-state index in [1.165, 1.54) is 28.7 Å². The highest BCUT2D eigenvalue weighted by molar-refractivity contribution is 6.20. The smallest absolute Gasteiger partial charge is 0.0625 e. The number of rotatable bonds is 5. The number of hydrogen-bond donors (Lipinski definition) is 0. The topological polar surface area (TPSA) is 0 Å². The maximum Gasteiger partial charge on any atom is 0.0625 e. The van der Waals surface area contributed by atoms with Gasteiger partial charge in [-0.15, -0.1) is 11.6 Å². The summed E-state index contributed by atoms with van der Waals surface area (Å²) >= 11 is 6.52. The molecule has 19 heavy (non-hydrogen) atoms. The summed E-state index contributed by atoms with van der Waals surface area (Å²) in [6.45, 7) is 4.32. The van der Waals surface area contributed by atoms with Crippen molar-refractivity contribution in [2.45, 2.75) is 38.5 Å². The average molecular weight is 273 g/mol. The molecule has 2 rings (SSSR count). The molecule has 100 valence electrons. The predicted octanol–water partition coefficient (Wildman–Crippen LogP) is 5.47. The van der Waals surface area contributed by atoms with E-state index in [0.717, 1.165) is 12.8 Å². The standard InChI is InChI=1S/C18H21Cl/c1-3-5-15-8-10-17(11-9-15)18(19)13-16-7-4-6-14(2)12-16/h4,6-12,18H,3,5,13H2,1-2H3. The second-order valence-corrected chi connectivity index (χ2v) is 5.68. The van der Waals surface area contributed by atoms with Gasteiger partial charge in [0.1, 0.15) is 0 Å². The summed E-state index contributed by atoms with van der Waals surface area (Å²) in [6, 6.07) is 17.3. The normalized spacial score (nSPS) is 12.4. The number of aryl methyl sites for hydroxylation is 2. The quantitative estimate of drug-likeness (QED) is 0.633. The van der Waals surface area contributed by atoms with Crippen molar-refractivity contribution < 1.29 is 0 Å². The summed E-state index contributed by atoms with van der Waals surface area (Å²) < 4.78 is 0. The Hall–Kier alpha value is -1.27. The van der Waals surface area contributed by atoms with Crippen molar-refractivity contribution in [1.82, 2.24) is 0 Å².